The van der Waals surface area contributed by atoms with Crippen LogP contribution in [0.2, 0.25) is 0 Å². The van der Waals surface area contributed by atoms with Gasteiger partial charge in [0.2, 0.25) is 0 Å². The van der Waals surface area contributed by atoms with Gasteiger partial charge in [-0.15, -0.1) is 24.0 Å². The summed E-state index contributed by atoms with van der Waals surface area (Å²) in [6.07, 6.45) is 10.5. The molecule has 0 amide bonds. The van der Waals surface area contributed by atoms with Gasteiger partial charge >= 0.3 is 0 Å². The summed E-state index contributed by atoms with van der Waals surface area (Å²) in [4.78, 5) is 5.74. The van der Waals surface area contributed by atoms with Crippen LogP contribution in [0.1, 0.15) is 44.9 Å². The molecule has 0 radical (unpaired) electrons. The largest absolute Gasteiger partial charge is 0.300 e. The van der Waals surface area contributed by atoms with E-state index in [1.165, 1.54) is 64.7 Å². The fourth-order valence-corrected chi connectivity index (χ4v) is 5.25. The van der Waals surface area contributed by atoms with Crippen molar-refractivity contribution in [3.63, 3.8) is 0 Å². The molecule has 0 aromatic carbocycles. The summed E-state index contributed by atoms with van der Waals surface area (Å²) in [6.45, 7) is 5.68. The normalized spacial score (nSPS) is 44.7. The second-order valence-electron chi connectivity index (χ2n) is 6.87. The lowest BCUT2D eigenvalue weighted by Gasteiger charge is -2.57. The molecule has 0 unspecified atom stereocenters. The molecule has 4 aliphatic heterocycles. The van der Waals surface area contributed by atoms with E-state index in [1.807, 2.05) is 0 Å². The van der Waals surface area contributed by atoms with Gasteiger partial charge in [0.15, 0.2) is 0 Å². The first-order valence-electron chi connectivity index (χ1n) is 7.90. The zero-order valence-electron chi connectivity index (χ0n) is 11.4. The van der Waals surface area contributed by atoms with Crippen molar-refractivity contribution in [2.24, 2.45) is 11.8 Å². The lowest BCUT2D eigenvalue weighted by molar-refractivity contribution is -0.0718. The Morgan fingerprint density at radius 2 is 1.17 bits per heavy atom. The smallest absolute Gasteiger partial charge is 0.0136 e. The molecular weight excluding hydrogens is 335 g/mol. The van der Waals surface area contributed by atoms with Crippen LogP contribution in [0.4, 0.5) is 0 Å². The summed E-state index contributed by atoms with van der Waals surface area (Å²) in [7, 11) is 0. The fraction of sp³-hybridized carbons (Fsp3) is 1.00. The monoisotopic (exact) mass is 362 g/mol. The lowest BCUT2D eigenvalue weighted by atomic mass is 9.71. The van der Waals surface area contributed by atoms with Gasteiger partial charge in [-0.05, 0) is 57.0 Å². The molecule has 0 spiro atoms. The number of nitrogens with zero attached hydrogens (tertiary/aromatic N) is 2. The number of piperidine rings is 4. The molecule has 3 heteroatoms. The molecule has 0 aliphatic carbocycles. The summed E-state index contributed by atoms with van der Waals surface area (Å²) >= 11 is 0. The molecule has 18 heavy (non-hydrogen) atoms. The zero-order valence-corrected chi connectivity index (χ0v) is 13.7. The van der Waals surface area contributed by atoms with Crippen LogP contribution in [-0.4, -0.2) is 48.1 Å². The van der Waals surface area contributed by atoms with Crippen LogP contribution in [0.5, 0.6) is 0 Å². The highest BCUT2D eigenvalue weighted by Crippen LogP contribution is 2.42. The second kappa shape index (κ2) is 5.57. The van der Waals surface area contributed by atoms with Crippen molar-refractivity contribution in [1.29, 1.82) is 0 Å². The Labute approximate surface area is 128 Å². The number of rotatable bonds is 0. The second-order valence-corrected chi connectivity index (χ2v) is 6.87. The van der Waals surface area contributed by atoms with Crippen molar-refractivity contribution in [1.82, 2.24) is 9.80 Å². The summed E-state index contributed by atoms with van der Waals surface area (Å²) in [5, 5.41) is 0. The summed E-state index contributed by atoms with van der Waals surface area (Å²) in [5.41, 5.74) is 0. The summed E-state index contributed by atoms with van der Waals surface area (Å²) < 4.78 is 0. The Morgan fingerprint density at radius 1 is 0.667 bits per heavy atom. The molecule has 4 fully saturated rings. The molecule has 2 nitrogen and oxygen atoms in total. The van der Waals surface area contributed by atoms with Gasteiger partial charge in [0.25, 0.3) is 0 Å². The average molecular weight is 362 g/mol. The van der Waals surface area contributed by atoms with Gasteiger partial charge in [0.05, 0.1) is 0 Å². The van der Waals surface area contributed by atoms with Gasteiger partial charge in [-0.3, -0.25) is 9.80 Å². The first kappa shape index (κ1) is 13.6. The molecule has 2 bridgehead atoms. The molecular formula is C15H27IN2. The first-order chi connectivity index (χ1) is 8.42. The number of halogens is 1. The van der Waals surface area contributed by atoms with Crippen LogP contribution in [-0.2, 0) is 0 Å². The zero-order chi connectivity index (χ0) is 11.2. The Kier molecular flexibility index (Phi) is 4.21. The molecule has 4 heterocycles. The van der Waals surface area contributed by atoms with E-state index in [2.05, 4.69) is 9.80 Å². The maximum Gasteiger partial charge on any atom is 0.0136 e. The van der Waals surface area contributed by atoms with Crippen LogP contribution in [0.25, 0.3) is 0 Å². The van der Waals surface area contributed by atoms with E-state index >= 15 is 0 Å². The van der Waals surface area contributed by atoms with E-state index in [4.69, 9.17) is 0 Å². The van der Waals surface area contributed by atoms with Crippen molar-refractivity contribution in [2.75, 3.05) is 26.2 Å². The molecule has 0 aromatic heterocycles. The van der Waals surface area contributed by atoms with Gasteiger partial charge in [-0.2, -0.15) is 0 Å². The number of hydrogen-bond donors (Lipinski definition) is 0. The molecule has 4 aliphatic rings. The van der Waals surface area contributed by atoms with Crippen molar-refractivity contribution in [3.8, 4) is 0 Å². The summed E-state index contributed by atoms with van der Waals surface area (Å²) in [6, 6.07) is 1.92. The highest BCUT2D eigenvalue weighted by Gasteiger charge is 2.46. The van der Waals surface area contributed by atoms with Gasteiger partial charge in [-0.1, -0.05) is 12.8 Å². The van der Waals surface area contributed by atoms with Crippen molar-refractivity contribution >= 4 is 24.0 Å². The maximum atomic E-state index is 2.87. The SMILES string of the molecule is C1CCN2C[C@@H]3C[C@H](CN4CCCC[C@@H]34)[C@H]2C1.I. The highest BCUT2D eigenvalue weighted by molar-refractivity contribution is 14.0. The Morgan fingerprint density at radius 3 is 1.67 bits per heavy atom. The van der Waals surface area contributed by atoms with E-state index in [0.717, 1.165) is 23.9 Å². The van der Waals surface area contributed by atoms with E-state index in [9.17, 15) is 0 Å². The van der Waals surface area contributed by atoms with Crippen LogP contribution in [0.3, 0.4) is 0 Å². The van der Waals surface area contributed by atoms with E-state index in [0.29, 0.717) is 0 Å². The minimum atomic E-state index is 0. The maximum absolute atomic E-state index is 2.87. The minimum absolute atomic E-state index is 0. The average Bonchev–Trinajstić information content (AvgIpc) is 2.39. The van der Waals surface area contributed by atoms with Gasteiger partial charge < -0.3 is 0 Å². The Bertz CT molecular complexity index is 268. The van der Waals surface area contributed by atoms with Crippen molar-refractivity contribution in [3.05, 3.63) is 0 Å². The molecule has 4 rings (SSSR count). The number of hydrogen-bond acceptors (Lipinski definition) is 2. The van der Waals surface area contributed by atoms with Gasteiger partial charge in [0, 0.05) is 25.2 Å². The summed E-state index contributed by atoms with van der Waals surface area (Å²) in [5.74, 6) is 2.03. The molecule has 104 valence electrons. The van der Waals surface area contributed by atoms with Gasteiger partial charge in [-0.25, -0.2) is 0 Å². The molecule has 0 N–H and O–H groups in total. The standard InChI is InChI=1S/C15H26N2.HI/c1-3-7-16-11-13-9-12(14(16)5-1)10-17-8-4-2-6-15(13)17;/h12-15H,1-11H2;1H/t12-,13+,14-,15+;. The quantitative estimate of drug-likeness (QED) is 0.612. The highest BCUT2D eigenvalue weighted by atomic mass is 127. The van der Waals surface area contributed by atoms with E-state index < -0.39 is 0 Å². The third kappa shape index (κ3) is 2.24. The van der Waals surface area contributed by atoms with Crippen LogP contribution in [0, 0.1) is 11.8 Å². The Balaban J connectivity index is 0.000001000. The number of fused-ring (bicyclic) bond motifs is 6. The molecule has 0 aromatic rings. The van der Waals surface area contributed by atoms with Crippen LogP contribution in [0.15, 0.2) is 0 Å². The topological polar surface area (TPSA) is 6.48 Å². The molecule has 0 saturated carbocycles. The molecule has 4 atom stereocenters. The predicted molar refractivity (Wildman–Crippen MR) is 85.4 cm³/mol. The first-order valence-corrected chi connectivity index (χ1v) is 7.90. The van der Waals surface area contributed by atoms with E-state index in [-0.39, 0.29) is 24.0 Å². The Hall–Kier alpha value is 0.650. The van der Waals surface area contributed by atoms with Crippen molar-refractivity contribution in [2.45, 2.75) is 57.0 Å². The lowest BCUT2D eigenvalue weighted by Crippen LogP contribution is -2.63. The van der Waals surface area contributed by atoms with Crippen molar-refractivity contribution < 1.29 is 0 Å². The van der Waals surface area contributed by atoms with E-state index in [1.54, 1.807) is 6.42 Å². The predicted octanol–water partition coefficient (Wildman–Crippen LogP) is 2.96. The third-order valence-electron chi connectivity index (χ3n) is 5.96. The van der Waals surface area contributed by atoms with Crippen LogP contribution >= 0.6 is 24.0 Å². The minimum Gasteiger partial charge on any atom is -0.300 e. The van der Waals surface area contributed by atoms with Gasteiger partial charge in [0.1, 0.15) is 0 Å². The molecule has 4 saturated heterocycles. The van der Waals surface area contributed by atoms with Crippen LogP contribution < -0.4 is 0 Å². The fourth-order valence-electron chi connectivity index (χ4n) is 5.25. The third-order valence-corrected chi connectivity index (χ3v) is 5.96.